The SMILES string of the molecule is COc1ccc(NC(C)C(=O)Nc2cccc(C#N)c2)cc1NC(=O)c1cccc(F)c1. The molecule has 0 saturated heterocycles. The molecule has 2 amide bonds. The second-order valence-electron chi connectivity index (χ2n) is 6.93. The highest BCUT2D eigenvalue weighted by Crippen LogP contribution is 2.29. The Kier molecular flexibility index (Phi) is 7.03. The van der Waals surface area contributed by atoms with Gasteiger partial charge in [-0.2, -0.15) is 5.26 Å². The molecule has 0 saturated carbocycles. The molecule has 0 aliphatic rings. The topological polar surface area (TPSA) is 103 Å². The molecule has 7 nitrogen and oxygen atoms in total. The van der Waals surface area contributed by atoms with Crippen LogP contribution in [0.2, 0.25) is 0 Å². The number of amides is 2. The Morgan fingerprint density at radius 3 is 2.50 bits per heavy atom. The zero-order valence-corrected chi connectivity index (χ0v) is 17.5. The first-order valence-electron chi connectivity index (χ1n) is 9.72. The van der Waals surface area contributed by atoms with E-state index >= 15 is 0 Å². The van der Waals surface area contributed by atoms with Gasteiger partial charge in [0.15, 0.2) is 0 Å². The summed E-state index contributed by atoms with van der Waals surface area (Å²) in [6, 6.07) is 18.3. The van der Waals surface area contributed by atoms with Gasteiger partial charge >= 0.3 is 0 Å². The van der Waals surface area contributed by atoms with E-state index in [2.05, 4.69) is 16.0 Å². The Bertz CT molecular complexity index is 1190. The van der Waals surface area contributed by atoms with E-state index in [1.54, 1.807) is 49.4 Å². The number of ether oxygens (including phenoxy) is 1. The summed E-state index contributed by atoms with van der Waals surface area (Å²) < 4.78 is 18.7. The van der Waals surface area contributed by atoms with E-state index in [0.29, 0.717) is 28.4 Å². The average Bonchev–Trinajstić information content (AvgIpc) is 2.79. The highest BCUT2D eigenvalue weighted by Gasteiger charge is 2.16. The van der Waals surface area contributed by atoms with Crippen molar-refractivity contribution in [2.75, 3.05) is 23.1 Å². The molecule has 0 radical (unpaired) electrons. The zero-order chi connectivity index (χ0) is 23.1. The predicted molar refractivity (Wildman–Crippen MR) is 120 cm³/mol. The molecule has 0 aromatic heterocycles. The molecule has 3 aromatic rings. The van der Waals surface area contributed by atoms with Crippen molar-refractivity contribution < 1.29 is 18.7 Å². The summed E-state index contributed by atoms with van der Waals surface area (Å²) in [4.78, 5) is 25.0. The number of carbonyl (C=O) groups excluding carboxylic acids is 2. The fourth-order valence-electron chi connectivity index (χ4n) is 2.95. The maximum atomic E-state index is 13.4. The number of carbonyl (C=O) groups is 2. The van der Waals surface area contributed by atoms with Gasteiger partial charge in [-0.15, -0.1) is 0 Å². The van der Waals surface area contributed by atoms with Crippen molar-refractivity contribution >= 4 is 28.9 Å². The minimum Gasteiger partial charge on any atom is -0.495 e. The van der Waals surface area contributed by atoms with E-state index in [-0.39, 0.29) is 11.5 Å². The van der Waals surface area contributed by atoms with Crippen LogP contribution in [0.15, 0.2) is 66.7 Å². The molecular formula is C24H21FN4O3. The molecular weight excluding hydrogens is 411 g/mol. The van der Waals surface area contributed by atoms with Crippen LogP contribution in [0.5, 0.6) is 5.75 Å². The minimum absolute atomic E-state index is 0.165. The number of nitrogens with zero attached hydrogens (tertiary/aromatic N) is 1. The van der Waals surface area contributed by atoms with Crippen molar-refractivity contribution in [2.24, 2.45) is 0 Å². The van der Waals surface area contributed by atoms with Crippen molar-refractivity contribution in [1.29, 1.82) is 5.26 Å². The van der Waals surface area contributed by atoms with Gasteiger partial charge in [-0.1, -0.05) is 12.1 Å². The molecule has 0 heterocycles. The van der Waals surface area contributed by atoms with Gasteiger partial charge in [0.05, 0.1) is 24.4 Å². The number of benzene rings is 3. The number of hydrogen-bond acceptors (Lipinski definition) is 5. The summed E-state index contributed by atoms with van der Waals surface area (Å²) in [6.07, 6.45) is 0. The Morgan fingerprint density at radius 1 is 1.00 bits per heavy atom. The highest BCUT2D eigenvalue weighted by molar-refractivity contribution is 6.05. The molecule has 0 aliphatic carbocycles. The van der Waals surface area contributed by atoms with Gasteiger partial charge in [-0.25, -0.2) is 4.39 Å². The number of rotatable bonds is 7. The van der Waals surface area contributed by atoms with Gasteiger partial charge in [-0.05, 0) is 61.5 Å². The number of nitrogens with one attached hydrogen (secondary N) is 3. The summed E-state index contributed by atoms with van der Waals surface area (Å²) in [6.45, 7) is 1.68. The molecule has 0 aliphatic heterocycles. The Morgan fingerprint density at radius 2 is 1.78 bits per heavy atom. The Labute approximate surface area is 184 Å². The molecule has 0 spiro atoms. The van der Waals surface area contributed by atoms with Gasteiger partial charge < -0.3 is 20.7 Å². The quantitative estimate of drug-likeness (QED) is 0.514. The summed E-state index contributed by atoms with van der Waals surface area (Å²) >= 11 is 0. The highest BCUT2D eigenvalue weighted by atomic mass is 19.1. The smallest absolute Gasteiger partial charge is 0.255 e. The summed E-state index contributed by atoms with van der Waals surface area (Å²) in [7, 11) is 1.46. The molecule has 32 heavy (non-hydrogen) atoms. The summed E-state index contributed by atoms with van der Waals surface area (Å²) in [5.41, 5.74) is 2.05. The van der Waals surface area contributed by atoms with Crippen molar-refractivity contribution in [1.82, 2.24) is 0 Å². The first kappa shape index (κ1) is 22.3. The second kappa shape index (κ2) is 10.1. The van der Waals surface area contributed by atoms with Crippen LogP contribution < -0.4 is 20.7 Å². The van der Waals surface area contributed by atoms with Crippen LogP contribution in [0.3, 0.4) is 0 Å². The monoisotopic (exact) mass is 432 g/mol. The van der Waals surface area contributed by atoms with Crippen molar-refractivity contribution in [3.8, 4) is 11.8 Å². The van der Waals surface area contributed by atoms with E-state index in [1.165, 1.54) is 25.3 Å². The van der Waals surface area contributed by atoms with Crippen molar-refractivity contribution in [3.05, 3.63) is 83.7 Å². The Balaban J connectivity index is 1.72. The fraction of sp³-hybridized carbons (Fsp3) is 0.125. The van der Waals surface area contributed by atoms with Gasteiger partial charge in [0.2, 0.25) is 5.91 Å². The molecule has 3 aromatic carbocycles. The molecule has 1 atom stereocenters. The minimum atomic E-state index is -0.624. The molecule has 0 bridgehead atoms. The van der Waals surface area contributed by atoms with E-state index in [0.717, 1.165) is 6.07 Å². The normalized spacial score (nSPS) is 11.1. The predicted octanol–water partition coefficient (Wildman–Crippen LogP) is 4.40. The Hall–Kier alpha value is -4.38. The maximum Gasteiger partial charge on any atom is 0.255 e. The first-order chi connectivity index (χ1) is 15.4. The maximum absolute atomic E-state index is 13.4. The lowest BCUT2D eigenvalue weighted by atomic mass is 10.2. The second-order valence-corrected chi connectivity index (χ2v) is 6.93. The van der Waals surface area contributed by atoms with Gasteiger partial charge in [0.25, 0.3) is 5.91 Å². The zero-order valence-electron chi connectivity index (χ0n) is 17.5. The molecule has 162 valence electrons. The number of hydrogen-bond donors (Lipinski definition) is 3. The summed E-state index contributed by atoms with van der Waals surface area (Å²) in [5.74, 6) is -0.907. The molecule has 1 unspecified atom stereocenters. The number of nitriles is 1. The summed E-state index contributed by atoms with van der Waals surface area (Å²) in [5, 5.41) is 17.5. The lowest BCUT2D eigenvalue weighted by Crippen LogP contribution is -2.31. The fourth-order valence-corrected chi connectivity index (χ4v) is 2.95. The number of methoxy groups -OCH3 is 1. The van der Waals surface area contributed by atoms with Crippen LogP contribution >= 0.6 is 0 Å². The standard InChI is InChI=1S/C24H21FN4O3/c1-15(23(30)28-19-8-3-5-16(11-19)14-26)27-20-9-10-22(32-2)21(13-20)29-24(31)17-6-4-7-18(25)12-17/h3-13,15,27H,1-2H3,(H,28,30)(H,29,31). The van der Waals surface area contributed by atoms with Crippen LogP contribution in [0.25, 0.3) is 0 Å². The number of anilines is 3. The van der Waals surface area contributed by atoms with Crippen LogP contribution in [0.4, 0.5) is 21.5 Å². The van der Waals surface area contributed by atoms with E-state index in [9.17, 15) is 14.0 Å². The van der Waals surface area contributed by atoms with Gasteiger partial charge in [-0.3, -0.25) is 9.59 Å². The van der Waals surface area contributed by atoms with Crippen LogP contribution in [0.1, 0.15) is 22.8 Å². The lowest BCUT2D eigenvalue weighted by molar-refractivity contribution is -0.116. The molecule has 8 heteroatoms. The molecule has 3 rings (SSSR count). The van der Waals surface area contributed by atoms with Gasteiger partial charge in [0.1, 0.15) is 17.6 Å². The van der Waals surface area contributed by atoms with E-state index in [4.69, 9.17) is 10.00 Å². The van der Waals surface area contributed by atoms with E-state index in [1.807, 2.05) is 6.07 Å². The van der Waals surface area contributed by atoms with Crippen molar-refractivity contribution in [3.63, 3.8) is 0 Å². The lowest BCUT2D eigenvalue weighted by Gasteiger charge is -2.17. The third-order valence-corrected chi connectivity index (χ3v) is 4.57. The average molecular weight is 432 g/mol. The largest absolute Gasteiger partial charge is 0.495 e. The first-order valence-corrected chi connectivity index (χ1v) is 9.72. The van der Waals surface area contributed by atoms with Crippen molar-refractivity contribution in [2.45, 2.75) is 13.0 Å². The number of halogens is 1. The molecule has 0 fully saturated rings. The molecule has 3 N–H and O–H groups in total. The van der Waals surface area contributed by atoms with Crippen LogP contribution in [0, 0.1) is 17.1 Å². The van der Waals surface area contributed by atoms with Crippen LogP contribution in [-0.2, 0) is 4.79 Å². The third-order valence-electron chi connectivity index (χ3n) is 4.57. The third kappa shape index (κ3) is 5.61. The van der Waals surface area contributed by atoms with E-state index < -0.39 is 17.8 Å². The van der Waals surface area contributed by atoms with Gasteiger partial charge in [0, 0.05) is 16.9 Å². The van der Waals surface area contributed by atoms with Crippen LogP contribution in [-0.4, -0.2) is 25.0 Å².